The quantitative estimate of drug-likeness (QED) is 0.567. The Morgan fingerprint density at radius 2 is 2.11 bits per heavy atom. The van der Waals surface area contributed by atoms with Gasteiger partial charge in [0, 0.05) is 6.07 Å². The zero-order valence-electron chi connectivity index (χ0n) is 9.12. The molecule has 0 aliphatic rings. The van der Waals surface area contributed by atoms with Crippen molar-refractivity contribution in [3.8, 4) is 0 Å². The molecule has 0 radical (unpaired) electrons. The summed E-state index contributed by atoms with van der Waals surface area (Å²) in [6, 6.07) is 3.98. The van der Waals surface area contributed by atoms with E-state index in [4.69, 9.17) is 5.11 Å². The molecule has 0 aliphatic heterocycles. The highest BCUT2D eigenvalue weighted by atomic mass is 16.6. The van der Waals surface area contributed by atoms with Crippen molar-refractivity contribution in [1.82, 2.24) is 9.55 Å². The van der Waals surface area contributed by atoms with Crippen molar-refractivity contribution in [1.29, 1.82) is 0 Å². The third-order valence-corrected chi connectivity index (χ3v) is 2.51. The number of nitrogens with one attached hydrogen (secondary N) is 1. The maximum absolute atomic E-state index is 12.0. The van der Waals surface area contributed by atoms with Crippen molar-refractivity contribution in [3.05, 3.63) is 49.2 Å². The summed E-state index contributed by atoms with van der Waals surface area (Å²) in [5.41, 5.74) is -1.76. The fourth-order valence-corrected chi connectivity index (χ4v) is 1.73. The lowest BCUT2D eigenvalue weighted by Gasteiger charge is -2.04. The summed E-state index contributed by atoms with van der Waals surface area (Å²) >= 11 is 0. The molecule has 0 atom stereocenters. The number of rotatable bonds is 3. The molecule has 0 saturated carbocycles. The Bertz CT molecular complexity index is 730. The van der Waals surface area contributed by atoms with Gasteiger partial charge in [-0.3, -0.25) is 19.5 Å². The molecule has 0 unspecified atom stereocenters. The standard InChI is InChI=1S/C10H9N3O5/c14-5-4-12-9(15)8-6(11-10(12)16)2-1-3-7(8)13(17)18/h1-3,14H,4-5H2,(H,11,16). The Hall–Kier alpha value is -2.48. The Morgan fingerprint density at radius 3 is 2.72 bits per heavy atom. The maximum Gasteiger partial charge on any atom is 0.328 e. The number of aromatic amines is 1. The van der Waals surface area contributed by atoms with E-state index in [-0.39, 0.29) is 23.1 Å². The van der Waals surface area contributed by atoms with Crippen LogP contribution in [0.1, 0.15) is 0 Å². The molecule has 1 aromatic carbocycles. The Morgan fingerprint density at radius 1 is 1.39 bits per heavy atom. The minimum Gasteiger partial charge on any atom is -0.395 e. The van der Waals surface area contributed by atoms with Crippen molar-refractivity contribution in [2.45, 2.75) is 6.54 Å². The van der Waals surface area contributed by atoms with Crippen molar-refractivity contribution >= 4 is 16.6 Å². The Labute approximate surface area is 99.3 Å². The summed E-state index contributed by atoms with van der Waals surface area (Å²) in [4.78, 5) is 36.1. The average Bonchev–Trinajstić information content (AvgIpc) is 2.33. The van der Waals surface area contributed by atoms with Gasteiger partial charge in [0.25, 0.3) is 11.2 Å². The summed E-state index contributed by atoms with van der Waals surface area (Å²) < 4.78 is 0.731. The minimum atomic E-state index is -0.782. The maximum atomic E-state index is 12.0. The molecule has 0 spiro atoms. The van der Waals surface area contributed by atoms with Gasteiger partial charge in [-0.25, -0.2) is 4.79 Å². The first-order chi connectivity index (χ1) is 8.56. The number of hydrogen-bond acceptors (Lipinski definition) is 5. The first kappa shape index (κ1) is 12.0. The van der Waals surface area contributed by atoms with E-state index in [1.165, 1.54) is 18.2 Å². The first-order valence-corrected chi connectivity index (χ1v) is 5.07. The predicted octanol–water partition coefficient (Wildman–Crippen LogP) is -0.410. The van der Waals surface area contributed by atoms with Gasteiger partial charge < -0.3 is 10.1 Å². The number of hydrogen-bond donors (Lipinski definition) is 2. The van der Waals surface area contributed by atoms with Gasteiger partial charge in [0.2, 0.25) is 0 Å². The van der Waals surface area contributed by atoms with E-state index < -0.39 is 22.8 Å². The number of aliphatic hydroxyl groups excluding tert-OH is 1. The van der Waals surface area contributed by atoms with Crippen LogP contribution in [0.15, 0.2) is 27.8 Å². The van der Waals surface area contributed by atoms with Crippen molar-refractivity contribution < 1.29 is 10.0 Å². The fraction of sp³-hybridized carbons (Fsp3) is 0.200. The number of benzene rings is 1. The monoisotopic (exact) mass is 251 g/mol. The number of non-ortho nitro benzene ring substituents is 1. The number of aliphatic hydroxyl groups is 1. The highest BCUT2D eigenvalue weighted by Crippen LogP contribution is 2.19. The second kappa shape index (κ2) is 4.41. The van der Waals surface area contributed by atoms with Gasteiger partial charge in [0.1, 0.15) is 5.39 Å². The van der Waals surface area contributed by atoms with E-state index >= 15 is 0 Å². The number of fused-ring (bicyclic) bond motifs is 1. The lowest BCUT2D eigenvalue weighted by molar-refractivity contribution is -0.383. The first-order valence-electron chi connectivity index (χ1n) is 5.07. The molecular formula is C10H9N3O5. The number of aromatic nitrogens is 2. The number of H-pyrrole nitrogens is 1. The van der Waals surface area contributed by atoms with Crippen LogP contribution in [0.4, 0.5) is 5.69 Å². The summed E-state index contributed by atoms with van der Waals surface area (Å²) in [5.74, 6) is 0. The molecular weight excluding hydrogens is 242 g/mol. The van der Waals surface area contributed by atoms with Gasteiger partial charge in [-0.05, 0) is 6.07 Å². The normalized spacial score (nSPS) is 10.7. The van der Waals surface area contributed by atoms with Crippen LogP contribution in [0.2, 0.25) is 0 Å². The molecule has 1 aromatic heterocycles. The van der Waals surface area contributed by atoms with Crippen LogP contribution in [0.25, 0.3) is 10.9 Å². The van der Waals surface area contributed by atoms with Crippen LogP contribution < -0.4 is 11.2 Å². The zero-order chi connectivity index (χ0) is 13.3. The van der Waals surface area contributed by atoms with Crippen molar-refractivity contribution in [2.75, 3.05) is 6.61 Å². The van der Waals surface area contributed by atoms with E-state index in [1.54, 1.807) is 0 Å². The molecule has 1 heterocycles. The number of nitro benzene ring substituents is 1. The van der Waals surface area contributed by atoms with Gasteiger partial charge in [0.15, 0.2) is 0 Å². The van der Waals surface area contributed by atoms with E-state index in [1.807, 2.05) is 0 Å². The molecule has 2 aromatic rings. The molecule has 0 aliphatic carbocycles. The topological polar surface area (TPSA) is 118 Å². The third-order valence-electron chi connectivity index (χ3n) is 2.51. The second-order valence-electron chi connectivity index (χ2n) is 3.57. The van der Waals surface area contributed by atoms with E-state index in [0.717, 1.165) is 4.57 Å². The summed E-state index contributed by atoms with van der Waals surface area (Å²) in [6.07, 6.45) is 0. The Balaban J connectivity index is 2.94. The average molecular weight is 251 g/mol. The van der Waals surface area contributed by atoms with E-state index in [2.05, 4.69) is 4.98 Å². The van der Waals surface area contributed by atoms with Crippen LogP contribution in [0.5, 0.6) is 0 Å². The molecule has 2 rings (SSSR count). The summed E-state index contributed by atoms with van der Waals surface area (Å²) in [6.45, 7) is -0.620. The summed E-state index contributed by atoms with van der Waals surface area (Å²) in [7, 11) is 0. The third kappa shape index (κ3) is 1.78. The lowest BCUT2D eigenvalue weighted by atomic mass is 10.2. The second-order valence-corrected chi connectivity index (χ2v) is 3.57. The molecule has 0 saturated heterocycles. The van der Waals surface area contributed by atoms with Crippen molar-refractivity contribution in [2.24, 2.45) is 0 Å². The largest absolute Gasteiger partial charge is 0.395 e. The van der Waals surface area contributed by atoms with Crippen LogP contribution in [-0.2, 0) is 6.54 Å². The van der Waals surface area contributed by atoms with Gasteiger partial charge in [-0.15, -0.1) is 0 Å². The zero-order valence-corrected chi connectivity index (χ0v) is 9.12. The molecule has 0 bridgehead atoms. The highest BCUT2D eigenvalue weighted by Gasteiger charge is 2.17. The molecule has 8 heteroatoms. The smallest absolute Gasteiger partial charge is 0.328 e. The van der Waals surface area contributed by atoms with E-state index in [9.17, 15) is 19.7 Å². The van der Waals surface area contributed by atoms with Gasteiger partial charge in [0.05, 0.1) is 23.6 Å². The SMILES string of the molecule is O=c1[nH]c2cccc([N+](=O)[O-])c2c(=O)n1CCO. The Kier molecular flexibility index (Phi) is 2.94. The number of nitrogens with zero attached hydrogens (tertiary/aromatic N) is 2. The van der Waals surface area contributed by atoms with Crippen LogP contribution in [0.3, 0.4) is 0 Å². The van der Waals surface area contributed by atoms with Gasteiger partial charge >= 0.3 is 5.69 Å². The van der Waals surface area contributed by atoms with Crippen LogP contribution in [-0.4, -0.2) is 26.2 Å². The molecule has 0 amide bonds. The highest BCUT2D eigenvalue weighted by molar-refractivity contribution is 5.86. The molecule has 2 N–H and O–H groups in total. The number of nitro groups is 1. The van der Waals surface area contributed by atoms with Crippen LogP contribution in [0, 0.1) is 10.1 Å². The van der Waals surface area contributed by atoms with Gasteiger partial charge in [-0.2, -0.15) is 0 Å². The molecule has 94 valence electrons. The molecule has 0 fully saturated rings. The van der Waals surface area contributed by atoms with E-state index in [0.29, 0.717) is 0 Å². The molecule has 8 nitrogen and oxygen atoms in total. The molecule has 18 heavy (non-hydrogen) atoms. The van der Waals surface area contributed by atoms with Crippen LogP contribution >= 0.6 is 0 Å². The lowest BCUT2D eigenvalue weighted by Crippen LogP contribution is -2.36. The summed E-state index contributed by atoms with van der Waals surface area (Å²) in [5, 5.41) is 19.4. The fourth-order valence-electron chi connectivity index (χ4n) is 1.73. The predicted molar refractivity (Wildman–Crippen MR) is 62.6 cm³/mol. The van der Waals surface area contributed by atoms with Crippen molar-refractivity contribution in [3.63, 3.8) is 0 Å². The minimum absolute atomic E-state index is 0.105. The van der Waals surface area contributed by atoms with Gasteiger partial charge in [-0.1, -0.05) is 6.07 Å².